The van der Waals surface area contributed by atoms with Gasteiger partial charge in [0.05, 0.1) is 12.2 Å². The van der Waals surface area contributed by atoms with Crippen molar-refractivity contribution >= 4 is 5.97 Å². The number of hydrogen-bond donors (Lipinski definition) is 0. The highest BCUT2D eigenvalue weighted by Gasteiger charge is 2.29. The molecule has 1 aliphatic rings. The van der Waals surface area contributed by atoms with Gasteiger partial charge in [-0.1, -0.05) is 41.5 Å². The molecule has 0 atom stereocenters. The standard InChI is InChI=1S/C18H28O3/c1-9-20-16(19)13-11-15(18(6,7)8)21-14(10-12(13)2)17(3,4)5/h10-11H,9H2,1-8H3. The van der Waals surface area contributed by atoms with Gasteiger partial charge in [-0.3, -0.25) is 0 Å². The van der Waals surface area contributed by atoms with E-state index in [4.69, 9.17) is 9.47 Å². The second kappa shape index (κ2) is 6.08. The molecule has 0 spiro atoms. The lowest BCUT2D eigenvalue weighted by molar-refractivity contribution is -0.138. The Balaban J connectivity index is 3.43. The molecule has 0 N–H and O–H groups in total. The van der Waals surface area contributed by atoms with Crippen molar-refractivity contribution in [2.45, 2.75) is 55.4 Å². The van der Waals surface area contributed by atoms with Crippen LogP contribution in [0.5, 0.6) is 0 Å². The number of ether oxygens (including phenoxy) is 2. The van der Waals surface area contributed by atoms with E-state index in [0.717, 1.165) is 17.1 Å². The molecule has 1 aliphatic heterocycles. The maximum absolute atomic E-state index is 12.2. The van der Waals surface area contributed by atoms with Crippen LogP contribution in [0.2, 0.25) is 0 Å². The smallest absolute Gasteiger partial charge is 0.338 e. The fraction of sp³-hybridized carbons (Fsp3) is 0.611. The van der Waals surface area contributed by atoms with Gasteiger partial charge in [-0.15, -0.1) is 0 Å². The van der Waals surface area contributed by atoms with Crippen molar-refractivity contribution in [3.63, 3.8) is 0 Å². The van der Waals surface area contributed by atoms with Crippen LogP contribution in [0.25, 0.3) is 0 Å². The molecule has 0 aromatic heterocycles. The first-order valence-electron chi connectivity index (χ1n) is 7.47. The van der Waals surface area contributed by atoms with Gasteiger partial charge in [0, 0.05) is 10.8 Å². The lowest BCUT2D eigenvalue weighted by Crippen LogP contribution is -2.18. The van der Waals surface area contributed by atoms with E-state index >= 15 is 0 Å². The van der Waals surface area contributed by atoms with Crippen molar-refractivity contribution in [1.29, 1.82) is 0 Å². The third kappa shape index (κ3) is 4.48. The first kappa shape index (κ1) is 17.5. The maximum Gasteiger partial charge on any atom is 0.338 e. The molecule has 3 nitrogen and oxygen atoms in total. The van der Waals surface area contributed by atoms with Gasteiger partial charge in [-0.25, -0.2) is 4.79 Å². The monoisotopic (exact) mass is 292 g/mol. The summed E-state index contributed by atoms with van der Waals surface area (Å²) in [7, 11) is 0. The Labute approximate surface area is 128 Å². The van der Waals surface area contributed by atoms with E-state index in [1.165, 1.54) is 0 Å². The van der Waals surface area contributed by atoms with E-state index in [9.17, 15) is 4.79 Å². The summed E-state index contributed by atoms with van der Waals surface area (Å²) >= 11 is 0. The normalized spacial score (nSPS) is 16.8. The zero-order valence-corrected chi connectivity index (χ0v) is 14.6. The first-order valence-corrected chi connectivity index (χ1v) is 7.47. The number of esters is 1. The summed E-state index contributed by atoms with van der Waals surface area (Å²) in [6, 6.07) is 0. The Kier molecular flexibility index (Phi) is 5.08. The molecule has 0 bridgehead atoms. The number of carbonyl (C=O) groups excluding carboxylic acids is 1. The van der Waals surface area contributed by atoms with E-state index in [-0.39, 0.29) is 16.8 Å². The average molecular weight is 292 g/mol. The van der Waals surface area contributed by atoms with E-state index in [0.29, 0.717) is 12.2 Å². The molecule has 0 aromatic rings. The summed E-state index contributed by atoms with van der Waals surface area (Å²) in [6.45, 7) is 16.6. The molecular formula is C18H28O3. The lowest BCUT2D eigenvalue weighted by atomic mass is 9.91. The highest BCUT2D eigenvalue weighted by Crippen LogP contribution is 2.38. The van der Waals surface area contributed by atoms with E-state index in [1.807, 2.05) is 26.0 Å². The molecule has 0 saturated heterocycles. The zero-order valence-electron chi connectivity index (χ0n) is 14.6. The molecule has 118 valence electrons. The minimum absolute atomic E-state index is 0.129. The Hall–Kier alpha value is -1.51. The van der Waals surface area contributed by atoms with Gasteiger partial charge >= 0.3 is 5.97 Å². The molecular weight excluding hydrogens is 264 g/mol. The quantitative estimate of drug-likeness (QED) is 0.689. The van der Waals surface area contributed by atoms with Crippen LogP contribution in [-0.2, 0) is 14.3 Å². The highest BCUT2D eigenvalue weighted by molar-refractivity contribution is 5.93. The predicted octanol–water partition coefficient (Wildman–Crippen LogP) is 4.76. The van der Waals surface area contributed by atoms with Crippen LogP contribution in [0.3, 0.4) is 0 Å². The molecule has 0 radical (unpaired) electrons. The summed E-state index contributed by atoms with van der Waals surface area (Å²) in [4.78, 5) is 12.2. The average Bonchev–Trinajstić information content (AvgIpc) is 2.47. The molecule has 3 heteroatoms. The van der Waals surface area contributed by atoms with Crippen molar-refractivity contribution in [2.24, 2.45) is 10.8 Å². The Morgan fingerprint density at radius 3 is 1.95 bits per heavy atom. The topological polar surface area (TPSA) is 35.5 Å². The van der Waals surface area contributed by atoms with Gasteiger partial charge in [0.2, 0.25) is 0 Å². The summed E-state index contributed by atoms with van der Waals surface area (Å²) in [5, 5.41) is 0. The fourth-order valence-corrected chi connectivity index (χ4v) is 1.86. The fourth-order valence-electron chi connectivity index (χ4n) is 1.86. The maximum atomic E-state index is 12.2. The van der Waals surface area contributed by atoms with Crippen molar-refractivity contribution in [3.05, 3.63) is 34.8 Å². The lowest BCUT2D eigenvalue weighted by Gasteiger charge is -2.29. The number of rotatable bonds is 2. The van der Waals surface area contributed by atoms with E-state index < -0.39 is 0 Å². The van der Waals surface area contributed by atoms with Crippen LogP contribution in [0, 0.1) is 10.8 Å². The van der Waals surface area contributed by atoms with Crippen molar-refractivity contribution in [2.75, 3.05) is 6.61 Å². The number of carbonyl (C=O) groups is 1. The van der Waals surface area contributed by atoms with Gasteiger partial charge < -0.3 is 9.47 Å². The van der Waals surface area contributed by atoms with E-state index in [2.05, 4.69) is 41.5 Å². The van der Waals surface area contributed by atoms with Crippen LogP contribution >= 0.6 is 0 Å². The zero-order chi connectivity index (χ0) is 16.4. The molecule has 0 aromatic carbocycles. The first-order chi connectivity index (χ1) is 9.46. The molecule has 0 aliphatic carbocycles. The molecule has 1 heterocycles. The third-order valence-corrected chi connectivity index (χ3v) is 3.24. The molecule has 1 rings (SSSR count). The van der Waals surface area contributed by atoms with Crippen LogP contribution in [0.1, 0.15) is 55.4 Å². The molecule has 0 amide bonds. The molecule has 0 fully saturated rings. The molecule has 0 saturated carbocycles. The summed E-state index contributed by atoms with van der Waals surface area (Å²) < 4.78 is 11.3. The Bertz CT molecular complexity index is 506. The largest absolute Gasteiger partial charge is 0.465 e. The van der Waals surface area contributed by atoms with Gasteiger partial charge in [-0.2, -0.15) is 0 Å². The van der Waals surface area contributed by atoms with Crippen molar-refractivity contribution in [3.8, 4) is 0 Å². The van der Waals surface area contributed by atoms with E-state index in [1.54, 1.807) is 0 Å². The second-order valence-corrected chi connectivity index (χ2v) is 7.44. The summed E-state index contributed by atoms with van der Waals surface area (Å²) in [5.74, 6) is 1.34. The van der Waals surface area contributed by atoms with Crippen LogP contribution in [0.15, 0.2) is 34.8 Å². The second-order valence-electron chi connectivity index (χ2n) is 7.44. The third-order valence-electron chi connectivity index (χ3n) is 3.24. The minimum atomic E-state index is -0.299. The minimum Gasteiger partial charge on any atom is -0.465 e. The van der Waals surface area contributed by atoms with Crippen molar-refractivity contribution < 1.29 is 14.3 Å². The highest BCUT2D eigenvalue weighted by atomic mass is 16.5. The Morgan fingerprint density at radius 2 is 1.52 bits per heavy atom. The van der Waals surface area contributed by atoms with Crippen LogP contribution in [-0.4, -0.2) is 12.6 Å². The number of hydrogen-bond acceptors (Lipinski definition) is 3. The van der Waals surface area contributed by atoms with Crippen molar-refractivity contribution in [1.82, 2.24) is 0 Å². The van der Waals surface area contributed by atoms with Crippen LogP contribution < -0.4 is 0 Å². The van der Waals surface area contributed by atoms with Crippen LogP contribution in [0.4, 0.5) is 0 Å². The predicted molar refractivity (Wildman–Crippen MR) is 85.5 cm³/mol. The van der Waals surface area contributed by atoms with Gasteiger partial charge in [0.1, 0.15) is 11.5 Å². The number of allylic oxidation sites excluding steroid dienone is 4. The van der Waals surface area contributed by atoms with Gasteiger partial charge in [0.25, 0.3) is 0 Å². The van der Waals surface area contributed by atoms with Gasteiger partial charge in [0.15, 0.2) is 0 Å². The molecule has 0 unspecified atom stereocenters. The summed E-state index contributed by atoms with van der Waals surface area (Å²) in [5.41, 5.74) is 1.13. The molecule has 21 heavy (non-hydrogen) atoms. The SMILES string of the molecule is CCOC(=O)C1=C(C)C=C(C(C)(C)C)OC(C(C)(C)C)=C1. The van der Waals surface area contributed by atoms with Gasteiger partial charge in [-0.05, 0) is 31.6 Å². The Morgan fingerprint density at radius 1 is 1.05 bits per heavy atom. The summed E-state index contributed by atoms with van der Waals surface area (Å²) in [6.07, 6.45) is 3.77.